The van der Waals surface area contributed by atoms with Crippen LogP contribution in [0.25, 0.3) is 10.7 Å². The molecule has 0 bridgehead atoms. The predicted octanol–water partition coefficient (Wildman–Crippen LogP) is 3.11. The second-order valence-electron chi connectivity index (χ2n) is 5.07. The average Bonchev–Trinajstić information content (AvgIpc) is 3.01. The number of hydrogen-bond acceptors (Lipinski definition) is 5. The van der Waals surface area contributed by atoms with E-state index in [1.165, 1.54) is 0 Å². The number of nitrogens with zero attached hydrogens (tertiary/aromatic N) is 3. The second-order valence-corrected chi connectivity index (χ2v) is 6.96. The molecule has 1 N–H and O–H groups in total. The van der Waals surface area contributed by atoms with Gasteiger partial charge in [0.1, 0.15) is 6.54 Å². The van der Waals surface area contributed by atoms with Crippen LogP contribution in [0.15, 0.2) is 22.7 Å². The minimum Gasteiger partial charge on any atom is -0.346 e. The second kappa shape index (κ2) is 6.52. The Balaban J connectivity index is 1.66. The van der Waals surface area contributed by atoms with Crippen molar-refractivity contribution >= 4 is 29.0 Å². The van der Waals surface area contributed by atoms with E-state index in [9.17, 15) is 18.0 Å². The topological polar surface area (TPSA) is 59.8 Å². The summed E-state index contributed by atoms with van der Waals surface area (Å²) in [5, 5.41) is 12.6. The van der Waals surface area contributed by atoms with E-state index in [2.05, 4.69) is 10.2 Å². The SMILES string of the molecule is O=C(CSc1nnc(-c2cccs2)n1C1CC1)NCC(F)(F)F. The van der Waals surface area contributed by atoms with Gasteiger partial charge in [0.15, 0.2) is 11.0 Å². The van der Waals surface area contributed by atoms with E-state index in [4.69, 9.17) is 0 Å². The summed E-state index contributed by atoms with van der Waals surface area (Å²) in [6, 6.07) is 4.17. The molecule has 3 rings (SSSR count). The van der Waals surface area contributed by atoms with E-state index in [1.54, 1.807) is 11.3 Å². The third-order valence-electron chi connectivity index (χ3n) is 3.14. The summed E-state index contributed by atoms with van der Waals surface area (Å²) < 4.78 is 38.2. The number of rotatable bonds is 6. The molecule has 5 nitrogen and oxygen atoms in total. The van der Waals surface area contributed by atoms with Gasteiger partial charge in [0.25, 0.3) is 0 Å². The average molecular weight is 362 g/mol. The highest BCUT2D eigenvalue weighted by atomic mass is 32.2. The molecule has 23 heavy (non-hydrogen) atoms. The molecule has 1 saturated carbocycles. The van der Waals surface area contributed by atoms with E-state index in [0.29, 0.717) is 11.2 Å². The first-order valence-electron chi connectivity index (χ1n) is 6.89. The van der Waals surface area contributed by atoms with Crippen LogP contribution in [0.5, 0.6) is 0 Å². The van der Waals surface area contributed by atoms with Gasteiger partial charge in [-0.2, -0.15) is 13.2 Å². The smallest absolute Gasteiger partial charge is 0.346 e. The highest BCUT2D eigenvalue weighted by Gasteiger charge is 2.31. The summed E-state index contributed by atoms with van der Waals surface area (Å²) in [6.45, 7) is -1.32. The van der Waals surface area contributed by atoms with E-state index in [-0.39, 0.29) is 5.75 Å². The Morgan fingerprint density at radius 2 is 2.22 bits per heavy atom. The summed E-state index contributed by atoms with van der Waals surface area (Å²) in [5.74, 6) is -0.0400. The van der Waals surface area contributed by atoms with Crippen LogP contribution >= 0.6 is 23.1 Å². The van der Waals surface area contributed by atoms with Gasteiger partial charge in [0, 0.05) is 6.04 Å². The third kappa shape index (κ3) is 4.25. The molecular formula is C13H13F3N4OS2. The Labute approximate surface area is 138 Å². The Morgan fingerprint density at radius 3 is 2.83 bits per heavy atom. The molecular weight excluding hydrogens is 349 g/mol. The minimum absolute atomic E-state index is 0.120. The van der Waals surface area contributed by atoms with Crippen LogP contribution in [-0.4, -0.2) is 39.1 Å². The third-order valence-corrected chi connectivity index (χ3v) is 4.95. The number of amides is 1. The lowest BCUT2D eigenvalue weighted by Gasteiger charge is -2.09. The molecule has 2 aromatic rings. The van der Waals surface area contributed by atoms with Crippen LogP contribution in [0, 0.1) is 0 Å². The Kier molecular flexibility index (Phi) is 4.62. The molecule has 0 aliphatic heterocycles. The molecule has 1 aliphatic carbocycles. The molecule has 1 fully saturated rings. The van der Waals surface area contributed by atoms with E-state index >= 15 is 0 Å². The highest BCUT2D eigenvalue weighted by molar-refractivity contribution is 7.99. The molecule has 10 heteroatoms. The van der Waals surface area contributed by atoms with Crippen molar-refractivity contribution < 1.29 is 18.0 Å². The monoisotopic (exact) mass is 362 g/mol. The maximum Gasteiger partial charge on any atom is 0.405 e. The number of alkyl halides is 3. The number of thioether (sulfide) groups is 1. The number of carbonyl (C=O) groups excluding carboxylic acids is 1. The van der Waals surface area contributed by atoms with Gasteiger partial charge in [0.2, 0.25) is 5.91 Å². The largest absolute Gasteiger partial charge is 0.405 e. The fourth-order valence-corrected chi connectivity index (χ4v) is 3.53. The summed E-state index contributed by atoms with van der Waals surface area (Å²) in [5.41, 5.74) is 0. The fourth-order valence-electron chi connectivity index (χ4n) is 1.99. The lowest BCUT2D eigenvalue weighted by atomic mass is 10.4. The van der Waals surface area contributed by atoms with Gasteiger partial charge in [0.05, 0.1) is 10.6 Å². The zero-order valence-corrected chi connectivity index (χ0v) is 13.5. The number of thiophene rings is 1. The number of hydrogen-bond donors (Lipinski definition) is 1. The predicted molar refractivity (Wildman–Crippen MR) is 81.4 cm³/mol. The van der Waals surface area contributed by atoms with Crippen molar-refractivity contribution in [3.63, 3.8) is 0 Å². The molecule has 1 aliphatic rings. The molecule has 124 valence electrons. The van der Waals surface area contributed by atoms with Gasteiger partial charge in [-0.1, -0.05) is 17.8 Å². The van der Waals surface area contributed by atoms with Crippen LogP contribution in [0.3, 0.4) is 0 Å². The van der Waals surface area contributed by atoms with E-state index in [0.717, 1.165) is 35.3 Å². The van der Waals surface area contributed by atoms with Crippen molar-refractivity contribution in [1.82, 2.24) is 20.1 Å². The summed E-state index contributed by atoms with van der Waals surface area (Å²) in [4.78, 5) is 12.5. The first-order valence-corrected chi connectivity index (χ1v) is 8.75. The van der Waals surface area contributed by atoms with Crippen LogP contribution in [0.4, 0.5) is 13.2 Å². The molecule has 2 heterocycles. The molecule has 1 amide bonds. The van der Waals surface area contributed by atoms with Crippen LogP contribution in [0.1, 0.15) is 18.9 Å². The number of aromatic nitrogens is 3. The number of carbonyl (C=O) groups is 1. The van der Waals surface area contributed by atoms with Crippen molar-refractivity contribution in [2.75, 3.05) is 12.3 Å². The minimum atomic E-state index is -4.40. The number of halogens is 3. The molecule has 0 atom stereocenters. The lowest BCUT2D eigenvalue weighted by molar-refractivity contribution is -0.136. The number of nitrogens with one attached hydrogen (secondary N) is 1. The zero-order valence-electron chi connectivity index (χ0n) is 11.8. The van der Waals surface area contributed by atoms with E-state index < -0.39 is 18.6 Å². The van der Waals surface area contributed by atoms with Crippen LogP contribution < -0.4 is 5.32 Å². The fraction of sp³-hybridized carbons (Fsp3) is 0.462. The van der Waals surface area contributed by atoms with Gasteiger partial charge in [-0.25, -0.2) is 0 Å². The van der Waals surface area contributed by atoms with Gasteiger partial charge in [-0.3, -0.25) is 9.36 Å². The molecule has 0 radical (unpaired) electrons. The Bertz CT molecular complexity index is 680. The lowest BCUT2D eigenvalue weighted by Crippen LogP contribution is -2.34. The Morgan fingerprint density at radius 1 is 1.43 bits per heavy atom. The van der Waals surface area contributed by atoms with Crippen molar-refractivity contribution in [2.24, 2.45) is 0 Å². The van der Waals surface area contributed by atoms with E-state index in [1.807, 2.05) is 27.4 Å². The van der Waals surface area contributed by atoms with Gasteiger partial charge in [-0.05, 0) is 24.3 Å². The standard InChI is InChI=1S/C13H13F3N4OS2/c14-13(15,16)7-17-10(21)6-23-12-19-18-11(9-2-1-5-22-9)20(12)8-3-4-8/h1-2,5,8H,3-4,6-7H2,(H,17,21). The van der Waals surface area contributed by atoms with Gasteiger partial charge < -0.3 is 5.32 Å². The molecule has 0 spiro atoms. The molecule has 0 aromatic carbocycles. The quantitative estimate of drug-likeness (QED) is 0.802. The normalized spacial score (nSPS) is 14.9. The first kappa shape index (κ1) is 16.3. The van der Waals surface area contributed by atoms with Gasteiger partial charge >= 0.3 is 6.18 Å². The Hall–Kier alpha value is -1.55. The summed E-state index contributed by atoms with van der Waals surface area (Å²) in [7, 11) is 0. The highest BCUT2D eigenvalue weighted by Crippen LogP contribution is 2.41. The first-order chi connectivity index (χ1) is 10.9. The van der Waals surface area contributed by atoms with Crippen LogP contribution in [0.2, 0.25) is 0 Å². The zero-order chi connectivity index (χ0) is 16.4. The van der Waals surface area contributed by atoms with Crippen molar-refractivity contribution in [2.45, 2.75) is 30.2 Å². The molecule has 2 aromatic heterocycles. The molecule has 0 saturated heterocycles. The van der Waals surface area contributed by atoms with Crippen molar-refractivity contribution in [3.05, 3.63) is 17.5 Å². The maximum atomic E-state index is 12.1. The molecule has 0 unspecified atom stereocenters. The summed E-state index contributed by atoms with van der Waals surface area (Å²) in [6.07, 6.45) is -2.37. The summed E-state index contributed by atoms with van der Waals surface area (Å²) >= 11 is 2.65. The van der Waals surface area contributed by atoms with Gasteiger partial charge in [-0.15, -0.1) is 21.5 Å². The van der Waals surface area contributed by atoms with Crippen molar-refractivity contribution in [1.29, 1.82) is 0 Å². The maximum absolute atomic E-state index is 12.1. The van der Waals surface area contributed by atoms with Crippen molar-refractivity contribution in [3.8, 4) is 10.7 Å². The van der Waals surface area contributed by atoms with Crippen LogP contribution in [-0.2, 0) is 4.79 Å².